The number of fused-ring (bicyclic) bond motifs is 1. The van der Waals surface area contributed by atoms with E-state index in [-0.39, 0.29) is 5.66 Å². The van der Waals surface area contributed by atoms with Gasteiger partial charge in [0, 0.05) is 21.8 Å². The van der Waals surface area contributed by atoms with Crippen LogP contribution in [0.15, 0.2) is 118 Å². The fraction of sp³-hybridized carbons (Fsp3) is 0.574. The van der Waals surface area contributed by atoms with Crippen LogP contribution in [0, 0.1) is 0 Å². The molecule has 0 unspecified atom stereocenters. The van der Waals surface area contributed by atoms with Crippen LogP contribution in [0.1, 0.15) is 219 Å². The minimum atomic E-state index is -0.224. The molecular formula is C61H88N6. The van der Waals surface area contributed by atoms with E-state index >= 15 is 0 Å². The Bertz CT molecular complexity index is 2140. The van der Waals surface area contributed by atoms with Gasteiger partial charge >= 0.3 is 0 Å². The highest BCUT2D eigenvalue weighted by Gasteiger charge is 2.35. The van der Waals surface area contributed by atoms with Crippen molar-refractivity contribution in [3.8, 4) is 0 Å². The number of unbranched alkanes of at least 4 members (excludes halogenated alkanes) is 28. The fourth-order valence-corrected chi connectivity index (χ4v) is 10.3. The molecule has 0 saturated heterocycles. The highest BCUT2D eigenvalue weighted by atomic mass is 15.2. The lowest BCUT2D eigenvalue weighted by atomic mass is 9.89. The summed E-state index contributed by atoms with van der Waals surface area (Å²) in [6, 6.07) is 33.3. The van der Waals surface area contributed by atoms with Crippen molar-refractivity contribution in [3.63, 3.8) is 0 Å². The van der Waals surface area contributed by atoms with E-state index in [9.17, 15) is 0 Å². The van der Waals surface area contributed by atoms with Crippen molar-refractivity contribution in [2.75, 3.05) is 10.6 Å². The Balaban J connectivity index is 1.06. The number of benzene rings is 5. The van der Waals surface area contributed by atoms with Crippen molar-refractivity contribution in [1.82, 2.24) is 0 Å². The predicted octanol–water partition coefficient (Wildman–Crippen LogP) is 21.9. The van der Waals surface area contributed by atoms with Crippen LogP contribution >= 0.6 is 0 Å². The molecule has 0 amide bonds. The third kappa shape index (κ3) is 17.8. The first-order valence-electron chi connectivity index (χ1n) is 27.7. The van der Waals surface area contributed by atoms with Gasteiger partial charge in [0.1, 0.15) is 11.4 Å². The van der Waals surface area contributed by atoms with Crippen LogP contribution in [-0.2, 0) is 0 Å². The number of rotatable bonds is 36. The average molecular weight is 905 g/mol. The van der Waals surface area contributed by atoms with Gasteiger partial charge in [-0.1, -0.05) is 254 Å². The SMILES string of the molecule is CCCCCCCCCCCCCCCCCC1(CCCCCCCCCCCCCCCCC)Nc2cccc3ccc(/N=N/c4ccc(/N=N/c5ccccc5)c5ccccc45)c(c23)N1. The zero-order valence-electron chi connectivity index (χ0n) is 42.2. The zero-order chi connectivity index (χ0) is 46.5. The number of nitrogens with one attached hydrogen (secondary N) is 2. The molecule has 67 heavy (non-hydrogen) atoms. The van der Waals surface area contributed by atoms with E-state index < -0.39 is 0 Å². The van der Waals surface area contributed by atoms with Gasteiger partial charge in [-0.3, -0.25) is 0 Å². The first-order chi connectivity index (χ1) is 33.2. The summed E-state index contributed by atoms with van der Waals surface area (Å²) in [6.45, 7) is 4.61. The molecule has 0 aromatic heterocycles. The molecule has 6 nitrogen and oxygen atoms in total. The van der Waals surface area contributed by atoms with E-state index in [0.29, 0.717) is 0 Å². The summed E-state index contributed by atoms with van der Waals surface area (Å²) in [7, 11) is 0. The monoisotopic (exact) mass is 905 g/mol. The molecule has 362 valence electrons. The molecule has 2 N–H and O–H groups in total. The Morgan fingerprint density at radius 1 is 0.343 bits per heavy atom. The van der Waals surface area contributed by atoms with Crippen LogP contribution in [0.25, 0.3) is 21.5 Å². The van der Waals surface area contributed by atoms with Crippen LogP contribution in [0.4, 0.5) is 34.1 Å². The van der Waals surface area contributed by atoms with E-state index in [1.54, 1.807) is 0 Å². The van der Waals surface area contributed by atoms with Gasteiger partial charge in [0.15, 0.2) is 0 Å². The van der Waals surface area contributed by atoms with Crippen molar-refractivity contribution in [3.05, 3.63) is 97.1 Å². The Hall–Kier alpha value is -4.58. The molecule has 6 rings (SSSR count). The van der Waals surface area contributed by atoms with E-state index in [1.165, 1.54) is 209 Å². The number of hydrogen-bond donors (Lipinski definition) is 2. The molecule has 0 bridgehead atoms. The Kier molecular flexibility index (Phi) is 23.8. The second-order valence-corrected chi connectivity index (χ2v) is 20.0. The van der Waals surface area contributed by atoms with E-state index in [1.807, 2.05) is 48.5 Å². The molecule has 0 atom stereocenters. The van der Waals surface area contributed by atoms with Gasteiger partial charge in [0.2, 0.25) is 0 Å². The molecule has 5 aromatic carbocycles. The van der Waals surface area contributed by atoms with Crippen molar-refractivity contribution < 1.29 is 0 Å². The van der Waals surface area contributed by atoms with Crippen molar-refractivity contribution >= 4 is 55.7 Å². The second-order valence-electron chi connectivity index (χ2n) is 20.0. The van der Waals surface area contributed by atoms with E-state index in [0.717, 1.165) is 52.1 Å². The molecule has 0 saturated carbocycles. The lowest BCUT2D eigenvalue weighted by Crippen LogP contribution is -2.48. The second kappa shape index (κ2) is 30.7. The topological polar surface area (TPSA) is 73.5 Å². The molecule has 0 spiro atoms. The summed E-state index contributed by atoms with van der Waals surface area (Å²) in [6.07, 6.45) is 43.7. The van der Waals surface area contributed by atoms with Gasteiger partial charge in [-0.15, -0.1) is 15.3 Å². The smallest absolute Gasteiger partial charge is 0.110 e. The molecular weight excluding hydrogens is 817 g/mol. The largest absolute Gasteiger partial charge is 0.362 e. The van der Waals surface area contributed by atoms with Crippen LogP contribution in [0.3, 0.4) is 0 Å². The molecule has 0 radical (unpaired) electrons. The van der Waals surface area contributed by atoms with Gasteiger partial charge in [0.05, 0.1) is 22.7 Å². The first kappa shape index (κ1) is 51.8. The Morgan fingerprint density at radius 2 is 0.746 bits per heavy atom. The van der Waals surface area contributed by atoms with Crippen molar-refractivity contribution in [2.45, 2.75) is 225 Å². The van der Waals surface area contributed by atoms with Gasteiger partial charge < -0.3 is 10.6 Å². The average Bonchev–Trinajstić information content (AvgIpc) is 3.36. The lowest BCUT2D eigenvalue weighted by molar-refractivity contribution is 0.401. The molecule has 1 aliphatic rings. The molecule has 0 aliphatic carbocycles. The number of azo groups is 2. The summed E-state index contributed by atoms with van der Waals surface area (Å²) in [5, 5.41) is 31.9. The lowest BCUT2D eigenvalue weighted by Gasteiger charge is -2.42. The van der Waals surface area contributed by atoms with E-state index in [4.69, 9.17) is 10.2 Å². The summed E-state index contributed by atoms with van der Waals surface area (Å²) in [4.78, 5) is 0. The maximum absolute atomic E-state index is 5.05. The Labute approximate surface area is 407 Å². The quantitative estimate of drug-likeness (QED) is 0.0310. The summed E-state index contributed by atoms with van der Waals surface area (Å²) >= 11 is 0. The maximum atomic E-state index is 5.05. The van der Waals surface area contributed by atoms with E-state index in [2.05, 4.69) is 83.2 Å². The summed E-state index contributed by atoms with van der Waals surface area (Å²) in [5.41, 5.74) is 5.45. The van der Waals surface area contributed by atoms with Gasteiger partial charge in [-0.25, -0.2) is 0 Å². The molecule has 5 aromatic rings. The normalized spacial score (nSPS) is 13.3. The maximum Gasteiger partial charge on any atom is 0.110 e. The van der Waals surface area contributed by atoms with Crippen LogP contribution < -0.4 is 10.6 Å². The molecule has 6 heteroatoms. The first-order valence-corrected chi connectivity index (χ1v) is 27.7. The van der Waals surface area contributed by atoms with Gasteiger partial charge in [-0.2, -0.15) is 5.11 Å². The zero-order valence-corrected chi connectivity index (χ0v) is 42.2. The summed E-state index contributed by atoms with van der Waals surface area (Å²) < 4.78 is 0. The predicted molar refractivity (Wildman–Crippen MR) is 292 cm³/mol. The third-order valence-corrected chi connectivity index (χ3v) is 14.3. The van der Waals surface area contributed by atoms with Crippen LogP contribution in [-0.4, -0.2) is 5.66 Å². The molecule has 1 heterocycles. The minimum absolute atomic E-state index is 0.224. The standard InChI is InChI=1S/C61H88N6/c1-3-5-7-9-11-13-15-17-19-21-23-25-27-29-36-49-61(50-37-30-28-26-24-22-20-18-16-14-12-10-8-6-4-2)62-57-44-38-39-51-45-46-58(60(63-61)59(51)57)67-66-56-48-47-55(53-42-34-35-43-54(53)56)65-64-52-40-32-31-33-41-52/h31-35,38-48,62-63H,3-30,36-37,49-50H2,1-2H3/b65-64+,67-66+. The molecule has 1 aliphatic heterocycles. The number of nitrogens with zero attached hydrogens (tertiary/aromatic N) is 4. The van der Waals surface area contributed by atoms with Gasteiger partial charge in [0.25, 0.3) is 0 Å². The third-order valence-electron chi connectivity index (χ3n) is 14.3. The van der Waals surface area contributed by atoms with Gasteiger partial charge in [-0.05, 0) is 67.5 Å². The Morgan fingerprint density at radius 3 is 1.22 bits per heavy atom. The fourth-order valence-electron chi connectivity index (χ4n) is 10.3. The number of hydrogen-bond acceptors (Lipinski definition) is 6. The number of anilines is 2. The highest BCUT2D eigenvalue weighted by Crippen LogP contribution is 2.46. The van der Waals surface area contributed by atoms with Crippen LogP contribution in [0.2, 0.25) is 0 Å². The van der Waals surface area contributed by atoms with Crippen molar-refractivity contribution in [2.24, 2.45) is 20.5 Å². The molecule has 0 fully saturated rings. The van der Waals surface area contributed by atoms with Crippen LogP contribution in [0.5, 0.6) is 0 Å². The highest BCUT2D eigenvalue weighted by molar-refractivity contribution is 6.09. The summed E-state index contributed by atoms with van der Waals surface area (Å²) in [5.74, 6) is 0. The minimum Gasteiger partial charge on any atom is -0.362 e. The van der Waals surface area contributed by atoms with Crippen molar-refractivity contribution in [1.29, 1.82) is 0 Å².